The first-order chi connectivity index (χ1) is 18.9. The number of unbranched alkanes of at least 4 members (excludes halogenated alkanes) is 1. The summed E-state index contributed by atoms with van der Waals surface area (Å²) in [5, 5.41) is 17.6. The highest BCUT2D eigenvalue weighted by Gasteiger charge is 2.30. The van der Waals surface area contributed by atoms with Crippen molar-refractivity contribution in [2.75, 3.05) is 13.1 Å². The number of nitrogens with zero attached hydrogens (tertiary/aromatic N) is 1. The van der Waals surface area contributed by atoms with Crippen molar-refractivity contribution in [1.82, 2.24) is 16.0 Å². The van der Waals surface area contributed by atoms with E-state index in [1.807, 2.05) is 19.9 Å². The van der Waals surface area contributed by atoms with E-state index in [-0.39, 0.29) is 24.7 Å². The number of carbonyl (C=O) groups is 4. The molecule has 13 nitrogen and oxygen atoms in total. The molecule has 4 atom stereocenters. The van der Waals surface area contributed by atoms with Gasteiger partial charge in [-0.25, -0.2) is 4.79 Å². The van der Waals surface area contributed by atoms with Crippen LogP contribution < -0.4 is 38.9 Å². The second-order valence-electron chi connectivity index (χ2n) is 10.2. The average molecular weight is 563 g/mol. The van der Waals surface area contributed by atoms with Gasteiger partial charge < -0.3 is 44.0 Å². The predicted octanol–water partition coefficient (Wildman–Crippen LogP) is -0.676. The van der Waals surface area contributed by atoms with E-state index in [1.54, 1.807) is 24.3 Å². The second-order valence-corrected chi connectivity index (χ2v) is 10.2. The van der Waals surface area contributed by atoms with Crippen molar-refractivity contribution in [3.8, 4) is 0 Å². The molecule has 1 rings (SSSR count). The molecular weight excluding hydrogens is 516 g/mol. The molecule has 13 heteroatoms. The Bertz CT molecular complexity index is 969. The zero-order valence-corrected chi connectivity index (χ0v) is 23.5. The van der Waals surface area contributed by atoms with Crippen LogP contribution in [0.5, 0.6) is 0 Å². The highest BCUT2D eigenvalue weighted by atomic mass is 16.4. The van der Waals surface area contributed by atoms with Gasteiger partial charge in [-0.3, -0.25) is 19.4 Å². The third-order valence-electron chi connectivity index (χ3n) is 6.12. The van der Waals surface area contributed by atoms with Crippen molar-refractivity contribution >= 4 is 29.7 Å². The van der Waals surface area contributed by atoms with E-state index in [4.69, 9.17) is 22.9 Å². The number of guanidine groups is 1. The van der Waals surface area contributed by atoms with Gasteiger partial charge in [-0.1, -0.05) is 44.2 Å². The minimum absolute atomic E-state index is 0.0366. The molecule has 0 saturated heterocycles. The summed E-state index contributed by atoms with van der Waals surface area (Å²) in [5.41, 5.74) is 22.9. The van der Waals surface area contributed by atoms with E-state index in [0.29, 0.717) is 45.2 Å². The van der Waals surface area contributed by atoms with Crippen LogP contribution in [0.2, 0.25) is 0 Å². The number of rotatable bonds is 19. The van der Waals surface area contributed by atoms with E-state index >= 15 is 0 Å². The molecule has 0 aliphatic carbocycles. The number of carbonyl (C=O) groups excluding carboxylic acids is 3. The molecule has 0 fully saturated rings. The standard InChI is InChI=1S/C27H46N8O5/c1-17(2)15-21(34-23(36)19(29)11-8-14-32-27(30)31)24(37)35-22(16-18-9-4-3-5-10-18)25(38)33-20(26(39)40)12-6-7-13-28/h3-5,9-10,17,19-22H,6-8,11-16,28-29H2,1-2H3,(H,33,38)(H,34,36)(H,35,37)(H,39,40)(H4,30,31,32). The molecule has 0 bridgehead atoms. The Labute approximate surface area is 235 Å². The summed E-state index contributed by atoms with van der Waals surface area (Å²) < 4.78 is 0. The number of nitrogens with one attached hydrogen (secondary N) is 3. The largest absolute Gasteiger partial charge is 0.480 e. The zero-order chi connectivity index (χ0) is 30.1. The van der Waals surface area contributed by atoms with Crippen LogP contribution >= 0.6 is 0 Å². The van der Waals surface area contributed by atoms with Crippen molar-refractivity contribution < 1.29 is 24.3 Å². The Hall–Kier alpha value is -3.71. The van der Waals surface area contributed by atoms with Crippen molar-refractivity contribution in [2.45, 2.75) is 83.0 Å². The first kappa shape index (κ1) is 34.3. The number of nitrogens with two attached hydrogens (primary N) is 4. The topological polar surface area (TPSA) is 241 Å². The van der Waals surface area contributed by atoms with Crippen LogP contribution in [0.15, 0.2) is 35.3 Å². The molecule has 0 aliphatic heterocycles. The number of hydrogen-bond acceptors (Lipinski definition) is 7. The normalized spacial score (nSPS) is 13.9. The number of amides is 3. The van der Waals surface area contributed by atoms with Crippen LogP contribution in [0.25, 0.3) is 0 Å². The fraction of sp³-hybridized carbons (Fsp3) is 0.593. The van der Waals surface area contributed by atoms with Gasteiger partial charge in [0.15, 0.2) is 5.96 Å². The van der Waals surface area contributed by atoms with Crippen LogP contribution in [-0.2, 0) is 25.6 Å². The molecule has 224 valence electrons. The van der Waals surface area contributed by atoms with E-state index in [1.165, 1.54) is 0 Å². The molecule has 0 aromatic heterocycles. The highest BCUT2D eigenvalue weighted by molar-refractivity contribution is 5.94. The second kappa shape index (κ2) is 18.6. The summed E-state index contributed by atoms with van der Waals surface area (Å²) >= 11 is 0. The molecule has 0 saturated carbocycles. The third-order valence-corrected chi connectivity index (χ3v) is 6.12. The lowest BCUT2D eigenvalue weighted by molar-refractivity contribution is -0.142. The molecule has 1 aromatic rings. The monoisotopic (exact) mass is 562 g/mol. The molecular formula is C27H46N8O5. The van der Waals surface area contributed by atoms with Gasteiger partial charge in [0, 0.05) is 13.0 Å². The Morgan fingerprint density at radius 2 is 1.45 bits per heavy atom. The van der Waals surface area contributed by atoms with Gasteiger partial charge in [-0.2, -0.15) is 0 Å². The van der Waals surface area contributed by atoms with Gasteiger partial charge in [-0.05, 0) is 56.6 Å². The summed E-state index contributed by atoms with van der Waals surface area (Å²) in [4.78, 5) is 55.0. The van der Waals surface area contributed by atoms with Crippen LogP contribution in [0.4, 0.5) is 0 Å². The predicted molar refractivity (Wildman–Crippen MR) is 154 cm³/mol. The number of hydrogen-bond donors (Lipinski definition) is 8. The lowest BCUT2D eigenvalue weighted by Gasteiger charge is -2.26. The van der Waals surface area contributed by atoms with E-state index in [0.717, 1.165) is 5.56 Å². The van der Waals surface area contributed by atoms with Gasteiger partial charge in [0.25, 0.3) is 0 Å². The lowest BCUT2D eigenvalue weighted by Crippen LogP contribution is -2.57. The molecule has 40 heavy (non-hydrogen) atoms. The highest BCUT2D eigenvalue weighted by Crippen LogP contribution is 2.10. The minimum atomic E-state index is -1.17. The third kappa shape index (κ3) is 13.9. The van der Waals surface area contributed by atoms with Gasteiger partial charge >= 0.3 is 5.97 Å². The maximum absolute atomic E-state index is 13.4. The van der Waals surface area contributed by atoms with Crippen LogP contribution in [-0.4, -0.2) is 72.0 Å². The molecule has 12 N–H and O–H groups in total. The van der Waals surface area contributed by atoms with Crippen LogP contribution in [0.3, 0.4) is 0 Å². The van der Waals surface area contributed by atoms with Gasteiger partial charge in [0.1, 0.15) is 18.1 Å². The van der Waals surface area contributed by atoms with Gasteiger partial charge in [0.2, 0.25) is 17.7 Å². The van der Waals surface area contributed by atoms with Crippen molar-refractivity contribution in [2.24, 2.45) is 33.8 Å². The molecule has 0 radical (unpaired) electrons. The quantitative estimate of drug-likeness (QED) is 0.0604. The Morgan fingerprint density at radius 3 is 2.02 bits per heavy atom. The zero-order valence-electron chi connectivity index (χ0n) is 23.5. The van der Waals surface area contributed by atoms with Crippen molar-refractivity contribution in [3.63, 3.8) is 0 Å². The Kier molecular flexibility index (Phi) is 15.9. The number of aliphatic imine (C=N–C) groups is 1. The molecule has 0 spiro atoms. The molecule has 4 unspecified atom stereocenters. The summed E-state index contributed by atoms with van der Waals surface area (Å²) in [6, 6.07) is 4.98. The first-order valence-corrected chi connectivity index (χ1v) is 13.6. The number of carboxylic acid groups (broad SMARTS) is 1. The van der Waals surface area contributed by atoms with Gasteiger partial charge in [0.05, 0.1) is 6.04 Å². The maximum atomic E-state index is 13.4. The average Bonchev–Trinajstić information content (AvgIpc) is 2.89. The minimum Gasteiger partial charge on any atom is -0.480 e. The van der Waals surface area contributed by atoms with Crippen LogP contribution in [0, 0.1) is 5.92 Å². The van der Waals surface area contributed by atoms with E-state index < -0.39 is 47.9 Å². The number of benzene rings is 1. The summed E-state index contributed by atoms with van der Waals surface area (Å²) in [6.45, 7) is 4.53. The van der Waals surface area contributed by atoms with Crippen molar-refractivity contribution in [3.05, 3.63) is 35.9 Å². The fourth-order valence-electron chi connectivity index (χ4n) is 3.99. The smallest absolute Gasteiger partial charge is 0.326 e. The van der Waals surface area contributed by atoms with E-state index in [9.17, 15) is 24.3 Å². The van der Waals surface area contributed by atoms with Gasteiger partial charge in [-0.15, -0.1) is 0 Å². The Morgan fingerprint density at radius 1 is 0.850 bits per heavy atom. The molecule has 1 aromatic carbocycles. The molecule has 0 heterocycles. The van der Waals surface area contributed by atoms with Crippen LogP contribution in [0.1, 0.15) is 57.9 Å². The first-order valence-electron chi connectivity index (χ1n) is 13.6. The SMILES string of the molecule is CC(C)CC(NC(=O)C(N)CCCN=C(N)N)C(=O)NC(Cc1ccccc1)C(=O)NC(CCCCN)C(=O)O. The number of aliphatic carboxylic acids is 1. The maximum Gasteiger partial charge on any atom is 0.326 e. The number of carboxylic acids is 1. The molecule has 3 amide bonds. The van der Waals surface area contributed by atoms with E-state index in [2.05, 4.69) is 20.9 Å². The van der Waals surface area contributed by atoms with Crippen molar-refractivity contribution in [1.29, 1.82) is 0 Å². The fourth-order valence-corrected chi connectivity index (χ4v) is 3.99. The Balaban J connectivity index is 3.03. The summed E-state index contributed by atoms with van der Waals surface area (Å²) in [5.74, 6) is -2.90. The summed E-state index contributed by atoms with van der Waals surface area (Å²) in [7, 11) is 0. The lowest BCUT2D eigenvalue weighted by atomic mass is 10.00. The summed E-state index contributed by atoms with van der Waals surface area (Å²) in [6.07, 6.45) is 2.56. The molecule has 0 aliphatic rings.